The number of aryl methyl sites for hydroxylation is 1. The maximum Gasteiger partial charge on any atom is 0.449 e. The van der Waals surface area contributed by atoms with Crippen molar-refractivity contribution in [1.82, 2.24) is 9.55 Å². The maximum atomic E-state index is 13.3. The van der Waals surface area contributed by atoms with Crippen LogP contribution in [0.2, 0.25) is 0 Å². The van der Waals surface area contributed by atoms with E-state index in [9.17, 15) is 28.1 Å². The molecule has 0 radical (unpaired) electrons. The Morgan fingerprint density at radius 1 is 1.26 bits per heavy atom. The van der Waals surface area contributed by atoms with Crippen LogP contribution < -0.4 is 5.32 Å². The molecule has 10 heteroatoms. The van der Waals surface area contributed by atoms with E-state index in [4.69, 9.17) is 0 Å². The normalized spacial score (nSPS) is 11.6. The smallest absolute Gasteiger partial charge is 0.319 e. The van der Waals surface area contributed by atoms with Gasteiger partial charge in [-0.25, -0.2) is 4.98 Å². The number of anilines is 1. The van der Waals surface area contributed by atoms with Crippen molar-refractivity contribution in [2.45, 2.75) is 19.6 Å². The molecule has 1 N–H and O–H groups in total. The number of aromatic nitrogens is 2. The molecule has 0 aliphatic carbocycles. The molecule has 0 aliphatic rings. The van der Waals surface area contributed by atoms with E-state index in [1.165, 1.54) is 36.4 Å². The molecule has 0 fully saturated rings. The average Bonchev–Trinajstić information content (AvgIpc) is 2.95. The zero-order chi connectivity index (χ0) is 19.8. The number of carbonyl (C=O) groups is 1. The fraction of sp³-hybridized carbons (Fsp3) is 0.176. The number of halogens is 3. The number of nitro groups is 1. The van der Waals surface area contributed by atoms with Gasteiger partial charge in [0.15, 0.2) is 0 Å². The number of fused-ring (bicyclic) bond motifs is 1. The minimum absolute atomic E-state index is 0.0893. The molecular weight excluding hydrogens is 365 g/mol. The Bertz CT molecular complexity index is 1040. The Morgan fingerprint density at radius 3 is 2.63 bits per heavy atom. The van der Waals surface area contributed by atoms with Crippen LogP contribution in [-0.2, 0) is 17.5 Å². The molecule has 7 nitrogen and oxygen atoms in total. The number of rotatable bonds is 4. The number of hydrogen-bond acceptors (Lipinski definition) is 4. The van der Waals surface area contributed by atoms with Gasteiger partial charge in [0, 0.05) is 6.07 Å². The summed E-state index contributed by atoms with van der Waals surface area (Å²) in [6, 6.07) is 10.0. The number of carbonyl (C=O) groups excluding carboxylic acids is 1. The minimum atomic E-state index is -4.75. The number of alkyl halides is 3. The minimum Gasteiger partial charge on any atom is -0.319 e. The lowest BCUT2D eigenvalue weighted by atomic mass is 10.2. The van der Waals surface area contributed by atoms with E-state index < -0.39 is 29.4 Å². The summed E-state index contributed by atoms with van der Waals surface area (Å²) in [5, 5.41) is 13.4. The largest absolute Gasteiger partial charge is 0.449 e. The lowest BCUT2D eigenvalue weighted by molar-refractivity contribution is -0.384. The van der Waals surface area contributed by atoms with E-state index in [0.717, 1.165) is 4.57 Å². The van der Waals surface area contributed by atoms with Crippen LogP contribution in [0.4, 0.5) is 24.5 Å². The van der Waals surface area contributed by atoms with Crippen LogP contribution in [-0.4, -0.2) is 20.4 Å². The van der Waals surface area contributed by atoms with Gasteiger partial charge in [-0.05, 0) is 30.7 Å². The number of imidazole rings is 1. The fourth-order valence-electron chi connectivity index (χ4n) is 2.68. The SMILES string of the molecule is Cc1ccc(NC(=O)Cn2c(C(F)(F)F)nc3ccccc32)c([N+](=O)[O-])c1. The van der Waals surface area contributed by atoms with E-state index >= 15 is 0 Å². The number of nitrogens with zero attached hydrogens (tertiary/aromatic N) is 3. The number of amides is 1. The van der Waals surface area contributed by atoms with Crippen LogP contribution in [0, 0.1) is 17.0 Å². The third-order valence-electron chi connectivity index (χ3n) is 3.83. The Morgan fingerprint density at radius 2 is 1.96 bits per heavy atom. The van der Waals surface area contributed by atoms with Gasteiger partial charge < -0.3 is 9.88 Å². The standard InChI is InChI=1S/C17H13F3N4O3/c1-10-6-7-12(14(8-10)24(26)27)21-15(25)9-23-13-5-3-2-4-11(13)22-16(23)17(18,19)20/h2-8H,9H2,1H3,(H,21,25). The van der Waals surface area contributed by atoms with Crippen molar-refractivity contribution >= 4 is 28.3 Å². The molecule has 0 saturated carbocycles. The molecule has 0 saturated heterocycles. The van der Waals surface area contributed by atoms with Gasteiger partial charge in [-0.1, -0.05) is 18.2 Å². The number of hydrogen-bond donors (Lipinski definition) is 1. The van der Waals surface area contributed by atoms with Crippen molar-refractivity contribution in [2.24, 2.45) is 0 Å². The van der Waals surface area contributed by atoms with Gasteiger partial charge in [-0.15, -0.1) is 0 Å². The van der Waals surface area contributed by atoms with E-state index in [0.29, 0.717) is 5.56 Å². The summed E-state index contributed by atoms with van der Waals surface area (Å²) in [7, 11) is 0. The molecule has 1 aromatic heterocycles. The summed E-state index contributed by atoms with van der Waals surface area (Å²) in [5.74, 6) is -2.05. The van der Waals surface area contributed by atoms with Gasteiger partial charge in [0.2, 0.25) is 11.7 Å². The van der Waals surface area contributed by atoms with Crippen LogP contribution in [0.5, 0.6) is 0 Å². The maximum absolute atomic E-state index is 13.3. The first-order valence-corrected chi connectivity index (χ1v) is 7.74. The van der Waals surface area contributed by atoms with Gasteiger partial charge in [0.25, 0.3) is 5.69 Å². The Kier molecular flexibility index (Phi) is 4.56. The first kappa shape index (κ1) is 18.4. The van der Waals surface area contributed by atoms with E-state index in [1.807, 2.05) is 0 Å². The highest BCUT2D eigenvalue weighted by molar-refractivity contribution is 5.94. The lowest BCUT2D eigenvalue weighted by Crippen LogP contribution is -2.23. The zero-order valence-electron chi connectivity index (χ0n) is 13.9. The van der Waals surface area contributed by atoms with Crippen LogP contribution in [0.3, 0.4) is 0 Å². The van der Waals surface area contributed by atoms with Gasteiger partial charge in [-0.2, -0.15) is 13.2 Å². The Labute approximate surface area is 150 Å². The molecule has 0 bridgehead atoms. The van der Waals surface area contributed by atoms with Crippen LogP contribution in [0.15, 0.2) is 42.5 Å². The van der Waals surface area contributed by atoms with Crippen molar-refractivity contribution in [3.05, 3.63) is 64.0 Å². The van der Waals surface area contributed by atoms with Gasteiger partial charge >= 0.3 is 6.18 Å². The molecule has 3 aromatic rings. The van der Waals surface area contributed by atoms with E-state index in [2.05, 4.69) is 10.3 Å². The number of nitrogens with one attached hydrogen (secondary N) is 1. The molecule has 2 aromatic carbocycles. The highest BCUT2D eigenvalue weighted by Crippen LogP contribution is 2.32. The van der Waals surface area contributed by atoms with E-state index in [-0.39, 0.29) is 22.4 Å². The fourth-order valence-corrected chi connectivity index (χ4v) is 2.68. The molecule has 3 rings (SSSR count). The third kappa shape index (κ3) is 3.73. The molecule has 0 aliphatic heterocycles. The number of nitro benzene ring substituents is 1. The second-order valence-electron chi connectivity index (χ2n) is 5.83. The second-order valence-corrected chi connectivity index (χ2v) is 5.83. The van der Waals surface area contributed by atoms with Crippen LogP contribution in [0.25, 0.3) is 11.0 Å². The quantitative estimate of drug-likeness (QED) is 0.551. The summed E-state index contributed by atoms with van der Waals surface area (Å²) in [4.78, 5) is 26.3. The Hall–Kier alpha value is -3.43. The lowest BCUT2D eigenvalue weighted by Gasteiger charge is -2.12. The summed E-state index contributed by atoms with van der Waals surface area (Å²) in [6.45, 7) is 0.951. The Balaban J connectivity index is 1.95. The molecule has 27 heavy (non-hydrogen) atoms. The van der Waals surface area contributed by atoms with Gasteiger partial charge in [0.1, 0.15) is 12.2 Å². The average molecular weight is 378 g/mol. The number of para-hydroxylation sites is 2. The summed E-state index contributed by atoms with van der Waals surface area (Å²) in [6.07, 6.45) is -4.75. The summed E-state index contributed by atoms with van der Waals surface area (Å²) in [5.41, 5.74) is 0.417. The molecule has 0 unspecified atom stereocenters. The molecule has 0 spiro atoms. The van der Waals surface area contributed by atoms with Gasteiger partial charge in [0.05, 0.1) is 16.0 Å². The van der Waals surface area contributed by atoms with Crippen molar-refractivity contribution in [2.75, 3.05) is 5.32 Å². The topological polar surface area (TPSA) is 90.1 Å². The predicted molar refractivity (Wildman–Crippen MR) is 91.2 cm³/mol. The van der Waals surface area contributed by atoms with Crippen LogP contribution in [0.1, 0.15) is 11.4 Å². The first-order valence-electron chi connectivity index (χ1n) is 7.74. The van der Waals surface area contributed by atoms with Gasteiger partial charge in [-0.3, -0.25) is 14.9 Å². The molecular formula is C17H13F3N4O3. The predicted octanol–water partition coefficient (Wildman–Crippen LogP) is 3.91. The molecule has 140 valence electrons. The highest BCUT2D eigenvalue weighted by atomic mass is 19.4. The van der Waals surface area contributed by atoms with Crippen LogP contribution >= 0.6 is 0 Å². The summed E-state index contributed by atoms with van der Waals surface area (Å²) < 4.78 is 40.6. The van der Waals surface area contributed by atoms with Crippen molar-refractivity contribution in [3.8, 4) is 0 Å². The third-order valence-corrected chi connectivity index (χ3v) is 3.83. The van der Waals surface area contributed by atoms with Crippen molar-refractivity contribution in [3.63, 3.8) is 0 Å². The highest BCUT2D eigenvalue weighted by Gasteiger charge is 2.38. The molecule has 0 atom stereocenters. The van der Waals surface area contributed by atoms with Crippen molar-refractivity contribution < 1.29 is 22.9 Å². The second kappa shape index (κ2) is 6.71. The zero-order valence-corrected chi connectivity index (χ0v) is 13.9. The van der Waals surface area contributed by atoms with Crippen molar-refractivity contribution in [1.29, 1.82) is 0 Å². The van der Waals surface area contributed by atoms with E-state index in [1.54, 1.807) is 13.0 Å². The monoisotopic (exact) mass is 378 g/mol. The number of benzene rings is 2. The summed E-state index contributed by atoms with van der Waals surface area (Å²) >= 11 is 0. The molecule has 1 heterocycles. The first-order chi connectivity index (χ1) is 12.7. The molecule has 1 amide bonds.